The van der Waals surface area contributed by atoms with E-state index in [0.717, 1.165) is 16.8 Å². The summed E-state index contributed by atoms with van der Waals surface area (Å²) in [6, 6.07) is 4.76. The van der Waals surface area contributed by atoms with Crippen molar-refractivity contribution in [3.63, 3.8) is 0 Å². The Bertz CT molecular complexity index is 870. The molecule has 1 aliphatic rings. The van der Waals surface area contributed by atoms with Crippen LogP contribution in [0.3, 0.4) is 0 Å². The monoisotopic (exact) mass is 346 g/mol. The molecule has 8 heteroatoms. The molecule has 2 heterocycles. The predicted molar refractivity (Wildman–Crippen MR) is 87.4 cm³/mol. The molecule has 0 bridgehead atoms. The van der Waals surface area contributed by atoms with E-state index in [1.165, 1.54) is 20.3 Å². The van der Waals surface area contributed by atoms with Gasteiger partial charge in [-0.3, -0.25) is 4.79 Å². The average molecular weight is 346 g/mol. The highest BCUT2D eigenvalue weighted by Crippen LogP contribution is 2.32. The molecule has 0 atom stereocenters. The number of hydrogen-bond donors (Lipinski definition) is 1. The number of amides is 1. The van der Waals surface area contributed by atoms with E-state index in [4.69, 9.17) is 9.47 Å². The van der Waals surface area contributed by atoms with Gasteiger partial charge in [-0.25, -0.2) is 9.59 Å². The van der Waals surface area contributed by atoms with Crippen molar-refractivity contribution in [1.82, 2.24) is 9.47 Å². The van der Waals surface area contributed by atoms with Crippen LogP contribution in [0.1, 0.15) is 21.6 Å². The third kappa shape index (κ3) is 2.90. The van der Waals surface area contributed by atoms with Crippen LogP contribution in [0, 0.1) is 0 Å². The van der Waals surface area contributed by atoms with E-state index in [2.05, 4.69) is 0 Å². The molecule has 1 N–H and O–H groups in total. The molecule has 0 saturated carbocycles. The molecular weight excluding hydrogens is 328 g/mol. The SMILES string of the molecule is COC(=O)Cn1c2c(c3cc(C(=O)O)ccc31)CN(C(=O)OC)CC2. The maximum absolute atomic E-state index is 11.8. The second-order valence-corrected chi connectivity index (χ2v) is 5.77. The largest absolute Gasteiger partial charge is 0.478 e. The normalized spacial score (nSPS) is 13.4. The van der Waals surface area contributed by atoms with E-state index in [1.54, 1.807) is 17.0 Å². The van der Waals surface area contributed by atoms with Crippen molar-refractivity contribution in [2.75, 3.05) is 20.8 Å². The maximum atomic E-state index is 11.8. The summed E-state index contributed by atoms with van der Waals surface area (Å²) in [6.45, 7) is 0.797. The number of benzene rings is 1. The molecule has 3 rings (SSSR count). The van der Waals surface area contributed by atoms with E-state index < -0.39 is 18.0 Å². The number of aromatic nitrogens is 1. The van der Waals surface area contributed by atoms with Crippen molar-refractivity contribution in [1.29, 1.82) is 0 Å². The summed E-state index contributed by atoms with van der Waals surface area (Å²) in [5.74, 6) is -1.42. The van der Waals surface area contributed by atoms with Crippen molar-refractivity contribution >= 4 is 28.9 Å². The van der Waals surface area contributed by atoms with Gasteiger partial charge in [0.05, 0.1) is 26.3 Å². The minimum Gasteiger partial charge on any atom is -0.478 e. The average Bonchev–Trinajstić information content (AvgIpc) is 2.93. The molecule has 1 aliphatic heterocycles. The zero-order chi connectivity index (χ0) is 18.1. The summed E-state index contributed by atoms with van der Waals surface area (Å²) in [4.78, 5) is 36.5. The van der Waals surface area contributed by atoms with Crippen LogP contribution in [0.4, 0.5) is 4.79 Å². The number of carbonyl (C=O) groups is 3. The first-order valence-electron chi connectivity index (χ1n) is 7.73. The number of carbonyl (C=O) groups excluding carboxylic acids is 2. The van der Waals surface area contributed by atoms with Crippen LogP contribution in [0.25, 0.3) is 10.9 Å². The summed E-state index contributed by atoms with van der Waals surface area (Å²) >= 11 is 0. The lowest BCUT2D eigenvalue weighted by Crippen LogP contribution is -2.36. The molecule has 2 aromatic rings. The Balaban J connectivity index is 2.15. The van der Waals surface area contributed by atoms with Gasteiger partial charge < -0.3 is 24.0 Å². The number of ether oxygens (including phenoxy) is 2. The Morgan fingerprint density at radius 3 is 2.60 bits per heavy atom. The second kappa shape index (κ2) is 6.46. The fraction of sp³-hybridized carbons (Fsp3) is 0.353. The molecule has 8 nitrogen and oxygen atoms in total. The number of carboxylic acid groups (broad SMARTS) is 1. The van der Waals surface area contributed by atoms with Gasteiger partial charge in [-0.2, -0.15) is 0 Å². The van der Waals surface area contributed by atoms with Crippen LogP contribution < -0.4 is 0 Å². The van der Waals surface area contributed by atoms with Crippen LogP contribution in [-0.4, -0.2) is 53.4 Å². The minimum atomic E-state index is -1.03. The van der Waals surface area contributed by atoms with Gasteiger partial charge in [0.1, 0.15) is 6.54 Å². The van der Waals surface area contributed by atoms with Crippen LogP contribution >= 0.6 is 0 Å². The zero-order valence-corrected chi connectivity index (χ0v) is 13.9. The lowest BCUT2D eigenvalue weighted by Gasteiger charge is -2.26. The first kappa shape index (κ1) is 16.8. The number of carboxylic acids is 1. The Labute approximate surface area is 143 Å². The summed E-state index contributed by atoms with van der Waals surface area (Å²) in [5.41, 5.74) is 2.63. The van der Waals surface area contributed by atoms with E-state index in [1.807, 2.05) is 4.57 Å². The third-order valence-corrected chi connectivity index (χ3v) is 4.45. The minimum absolute atomic E-state index is 0.0347. The van der Waals surface area contributed by atoms with Crippen molar-refractivity contribution < 1.29 is 29.0 Å². The van der Waals surface area contributed by atoms with E-state index in [-0.39, 0.29) is 12.1 Å². The number of hydrogen-bond acceptors (Lipinski definition) is 5. The van der Waals surface area contributed by atoms with E-state index in [0.29, 0.717) is 24.9 Å². The van der Waals surface area contributed by atoms with Gasteiger partial charge in [0, 0.05) is 35.1 Å². The number of methoxy groups -OCH3 is 2. The maximum Gasteiger partial charge on any atom is 0.409 e. The Morgan fingerprint density at radius 2 is 1.96 bits per heavy atom. The molecule has 0 aliphatic carbocycles. The van der Waals surface area contributed by atoms with Crippen LogP contribution in [-0.2, 0) is 33.8 Å². The molecule has 1 aromatic carbocycles. The van der Waals surface area contributed by atoms with Crippen molar-refractivity contribution in [3.8, 4) is 0 Å². The van der Waals surface area contributed by atoms with Crippen molar-refractivity contribution in [2.45, 2.75) is 19.5 Å². The summed E-state index contributed by atoms with van der Waals surface area (Å²) in [5, 5.41) is 9.97. The molecule has 0 radical (unpaired) electrons. The first-order valence-corrected chi connectivity index (χ1v) is 7.73. The predicted octanol–water partition coefficient (Wildman–Crippen LogP) is 1.64. The topological polar surface area (TPSA) is 98.1 Å². The van der Waals surface area contributed by atoms with E-state index in [9.17, 15) is 19.5 Å². The Kier molecular flexibility index (Phi) is 4.35. The standard InChI is InChI=1S/C17H18N2O6/c1-24-15(20)9-19-13-4-3-10(16(21)22)7-11(13)12-8-18(17(23)25-2)6-5-14(12)19/h3-4,7H,5-6,8-9H2,1-2H3,(H,21,22). The quantitative estimate of drug-likeness (QED) is 0.849. The summed E-state index contributed by atoms with van der Waals surface area (Å²) in [6.07, 6.45) is 0.104. The van der Waals surface area contributed by atoms with Crippen LogP contribution in [0.15, 0.2) is 18.2 Å². The summed E-state index contributed by atoms with van der Waals surface area (Å²) < 4.78 is 11.4. The highest BCUT2D eigenvalue weighted by molar-refractivity contribution is 5.96. The second-order valence-electron chi connectivity index (χ2n) is 5.77. The number of aromatic carboxylic acids is 1. The van der Waals surface area contributed by atoms with Gasteiger partial charge in [-0.05, 0) is 18.2 Å². The fourth-order valence-electron chi connectivity index (χ4n) is 3.24. The fourth-order valence-corrected chi connectivity index (χ4v) is 3.24. The first-order chi connectivity index (χ1) is 12.0. The lowest BCUT2D eigenvalue weighted by atomic mass is 10.0. The van der Waals surface area contributed by atoms with Gasteiger partial charge in [-0.15, -0.1) is 0 Å². The molecule has 132 valence electrons. The van der Waals surface area contributed by atoms with Crippen LogP contribution in [0.2, 0.25) is 0 Å². The third-order valence-electron chi connectivity index (χ3n) is 4.45. The molecule has 1 aromatic heterocycles. The van der Waals surface area contributed by atoms with Gasteiger partial charge in [-0.1, -0.05) is 0 Å². The summed E-state index contributed by atoms with van der Waals surface area (Å²) in [7, 11) is 2.64. The Morgan fingerprint density at radius 1 is 1.20 bits per heavy atom. The lowest BCUT2D eigenvalue weighted by molar-refractivity contribution is -0.141. The molecule has 1 amide bonds. The Hall–Kier alpha value is -3.03. The number of rotatable bonds is 3. The molecule has 0 saturated heterocycles. The van der Waals surface area contributed by atoms with Gasteiger partial charge in [0.15, 0.2) is 0 Å². The highest BCUT2D eigenvalue weighted by Gasteiger charge is 2.28. The van der Waals surface area contributed by atoms with Crippen molar-refractivity contribution in [2.24, 2.45) is 0 Å². The molecule has 0 spiro atoms. The molecule has 25 heavy (non-hydrogen) atoms. The zero-order valence-electron chi connectivity index (χ0n) is 13.9. The number of esters is 1. The molecular formula is C17H18N2O6. The van der Waals surface area contributed by atoms with E-state index >= 15 is 0 Å². The molecule has 0 unspecified atom stereocenters. The molecule has 0 fully saturated rings. The number of nitrogens with zero attached hydrogens (tertiary/aromatic N) is 2. The number of fused-ring (bicyclic) bond motifs is 3. The smallest absolute Gasteiger partial charge is 0.409 e. The highest BCUT2D eigenvalue weighted by atomic mass is 16.5. The van der Waals surface area contributed by atoms with Gasteiger partial charge >= 0.3 is 18.0 Å². The van der Waals surface area contributed by atoms with Crippen molar-refractivity contribution in [3.05, 3.63) is 35.0 Å². The van der Waals surface area contributed by atoms with Gasteiger partial charge in [0.25, 0.3) is 0 Å². The van der Waals surface area contributed by atoms with Gasteiger partial charge in [0.2, 0.25) is 0 Å². The van der Waals surface area contributed by atoms with Crippen LogP contribution in [0.5, 0.6) is 0 Å².